The summed E-state index contributed by atoms with van der Waals surface area (Å²) in [6, 6.07) is 16.9. The molecule has 1 atom stereocenters. The standard InChI is InChI=1S/C24H28N2O2S/c1-4-5-11-16-28-20-15-10-9-14-19(20)22-21(17(2)26(3)24(29)25-22)23(27)18-12-7-6-8-13-18/h6-10,12-15,22H,4-5,11,16H2,1-3H3,(H,25,29). The van der Waals surface area contributed by atoms with Crippen LogP contribution in [0.3, 0.4) is 0 Å². The first-order chi connectivity index (χ1) is 14.0. The second kappa shape index (κ2) is 9.70. The minimum atomic E-state index is -0.353. The van der Waals surface area contributed by atoms with E-state index in [1.807, 2.05) is 73.5 Å². The third-order valence-corrected chi connectivity index (χ3v) is 5.66. The van der Waals surface area contributed by atoms with Gasteiger partial charge in [-0.2, -0.15) is 0 Å². The van der Waals surface area contributed by atoms with Crippen LogP contribution in [0.2, 0.25) is 0 Å². The Morgan fingerprint density at radius 2 is 1.79 bits per heavy atom. The van der Waals surface area contributed by atoms with E-state index >= 15 is 0 Å². The molecular weight excluding hydrogens is 380 g/mol. The molecule has 0 radical (unpaired) electrons. The van der Waals surface area contributed by atoms with Crippen LogP contribution >= 0.6 is 12.2 Å². The number of ether oxygens (including phenoxy) is 1. The zero-order valence-corrected chi connectivity index (χ0v) is 18.1. The van der Waals surface area contributed by atoms with Crippen LogP contribution in [0.4, 0.5) is 0 Å². The zero-order chi connectivity index (χ0) is 20.8. The summed E-state index contributed by atoms with van der Waals surface area (Å²) < 4.78 is 6.09. The summed E-state index contributed by atoms with van der Waals surface area (Å²) in [5, 5.41) is 3.95. The lowest BCUT2D eigenvalue weighted by Gasteiger charge is -2.36. The summed E-state index contributed by atoms with van der Waals surface area (Å²) in [5.41, 5.74) is 3.14. The van der Waals surface area contributed by atoms with Gasteiger partial charge in [0.2, 0.25) is 0 Å². The first-order valence-electron chi connectivity index (χ1n) is 10.1. The zero-order valence-electron chi connectivity index (χ0n) is 17.3. The first-order valence-corrected chi connectivity index (χ1v) is 10.5. The SMILES string of the molecule is CCCCCOc1ccccc1C1NC(=S)N(C)C(C)=C1C(=O)c1ccccc1. The fourth-order valence-corrected chi connectivity index (χ4v) is 3.75. The van der Waals surface area contributed by atoms with Gasteiger partial charge in [-0.3, -0.25) is 4.79 Å². The fourth-order valence-electron chi connectivity index (χ4n) is 3.49. The van der Waals surface area contributed by atoms with Crippen LogP contribution in [0.5, 0.6) is 5.75 Å². The molecule has 0 spiro atoms. The van der Waals surface area contributed by atoms with E-state index in [-0.39, 0.29) is 11.8 Å². The van der Waals surface area contributed by atoms with Crippen molar-refractivity contribution in [2.24, 2.45) is 0 Å². The number of para-hydroxylation sites is 1. The predicted molar refractivity (Wildman–Crippen MR) is 121 cm³/mol. The number of carbonyl (C=O) groups is 1. The predicted octanol–water partition coefficient (Wildman–Crippen LogP) is 5.27. The van der Waals surface area contributed by atoms with Gasteiger partial charge in [0, 0.05) is 29.4 Å². The molecule has 1 unspecified atom stereocenters. The highest BCUT2D eigenvalue weighted by atomic mass is 32.1. The second-order valence-corrected chi connectivity index (χ2v) is 7.62. The molecule has 0 saturated heterocycles. The van der Waals surface area contributed by atoms with E-state index in [1.165, 1.54) is 0 Å². The number of rotatable bonds is 8. The molecule has 5 heteroatoms. The number of ketones is 1. The molecule has 0 amide bonds. The topological polar surface area (TPSA) is 41.6 Å². The monoisotopic (exact) mass is 408 g/mol. The normalized spacial score (nSPS) is 16.6. The van der Waals surface area contributed by atoms with E-state index in [4.69, 9.17) is 17.0 Å². The molecule has 4 nitrogen and oxygen atoms in total. The summed E-state index contributed by atoms with van der Waals surface area (Å²) in [6.45, 7) is 4.78. The lowest BCUT2D eigenvalue weighted by molar-refractivity contribution is 0.102. The van der Waals surface area contributed by atoms with Crippen LogP contribution in [-0.4, -0.2) is 29.5 Å². The van der Waals surface area contributed by atoms with Crippen LogP contribution in [0, 0.1) is 0 Å². The van der Waals surface area contributed by atoms with Crippen LogP contribution in [0.1, 0.15) is 55.1 Å². The molecule has 29 heavy (non-hydrogen) atoms. The average Bonchev–Trinajstić information content (AvgIpc) is 2.75. The van der Waals surface area contributed by atoms with Gasteiger partial charge in [0.05, 0.1) is 12.6 Å². The maximum atomic E-state index is 13.4. The number of hydrogen-bond acceptors (Lipinski definition) is 3. The summed E-state index contributed by atoms with van der Waals surface area (Å²) in [5.74, 6) is 0.787. The van der Waals surface area contributed by atoms with Crippen molar-refractivity contribution in [1.29, 1.82) is 0 Å². The molecule has 152 valence electrons. The molecule has 3 rings (SSSR count). The number of benzene rings is 2. The highest BCUT2D eigenvalue weighted by Crippen LogP contribution is 2.36. The van der Waals surface area contributed by atoms with Crippen LogP contribution < -0.4 is 10.1 Å². The third-order valence-electron chi connectivity index (χ3n) is 5.27. The van der Waals surface area contributed by atoms with Gasteiger partial charge in [0.25, 0.3) is 0 Å². The number of nitrogens with one attached hydrogen (secondary N) is 1. The largest absolute Gasteiger partial charge is 0.493 e. The van der Waals surface area contributed by atoms with Crippen LogP contribution in [0.15, 0.2) is 65.9 Å². The minimum Gasteiger partial charge on any atom is -0.493 e. The van der Waals surface area contributed by atoms with Gasteiger partial charge in [0.15, 0.2) is 10.9 Å². The molecule has 0 bridgehead atoms. The molecule has 0 aromatic heterocycles. The molecule has 0 aliphatic carbocycles. The van der Waals surface area contributed by atoms with E-state index in [1.54, 1.807) is 0 Å². The van der Waals surface area contributed by atoms with Crippen molar-refractivity contribution in [3.63, 3.8) is 0 Å². The van der Waals surface area contributed by atoms with Gasteiger partial charge < -0.3 is 15.0 Å². The summed E-state index contributed by atoms with van der Waals surface area (Å²) in [7, 11) is 1.88. The maximum absolute atomic E-state index is 13.4. The molecule has 1 aliphatic rings. The number of Topliss-reactive ketones (excluding diaryl/α,β-unsaturated/α-hetero) is 1. The number of allylic oxidation sites excluding steroid dienone is 1. The van der Waals surface area contributed by atoms with Gasteiger partial charge in [0.1, 0.15) is 5.75 Å². The number of carbonyl (C=O) groups excluding carboxylic acids is 1. The molecule has 1 N–H and O–H groups in total. The van der Waals surface area contributed by atoms with E-state index < -0.39 is 0 Å². The molecule has 0 saturated carbocycles. The Labute approximate surface area is 178 Å². The summed E-state index contributed by atoms with van der Waals surface area (Å²) >= 11 is 5.53. The van der Waals surface area contributed by atoms with Crippen molar-refractivity contribution in [3.8, 4) is 5.75 Å². The maximum Gasteiger partial charge on any atom is 0.193 e. The van der Waals surface area contributed by atoms with Gasteiger partial charge in [-0.1, -0.05) is 68.3 Å². The first kappa shape index (κ1) is 21.1. The number of hydrogen-bond donors (Lipinski definition) is 1. The van der Waals surface area contributed by atoms with E-state index in [0.29, 0.717) is 22.9 Å². The molecule has 0 fully saturated rings. The van der Waals surface area contributed by atoms with Gasteiger partial charge in [-0.25, -0.2) is 0 Å². The Morgan fingerprint density at radius 3 is 2.52 bits per heavy atom. The van der Waals surface area contributed by atoms with Crippen LogP contribution in [0.25, 0.3) is 0 Å². The number of thiocarbonyl (C=S) groups is 1. The summed E-state index contributed by atoms with van der Waals surface area (Å²) in [4.78, 5) is 15.3. The molecular formula is C24H28N2O2S. The highest BCUT2D eigenvalue weighted by Gasteiger charge is 2.34. The lowest BCUT2D eigenvalue weighted by atomic mass is 9.89. The number of nitrogens with zero attached hydrogens (tertiary/aromatic N) is 1. The van der Waals surface area contributed by atoms with E-state index in [2.05, 4.69) is 12.2 Å². The lowest BCUT2D eigenvalue weighted by Crippen LogP contribution is -2.45. The van der Waals surface area contributed by atoms with Crippen molar-refractivity contribution in [3.05, 3.63) is 77.0 Å². The Morgan fingerprint density at radius 1 is 1.10 bits per heavy atom. The Balaban J connectivity index is 2.01. The fraction of sp³-hybridized carbons (Fsp3) is 0.333. The highest BCUT2D eigenvalue weighted by molar-refractivity contribution is 7.80. The quantitative estimate of drug-likeness (QED) is 0.366. The van der Waals surface area contributed by atoms with E-state index in [0.717, 1.165) is 36.3 Å². The molecule has 1 heterocycles. The van der Waals surface area contributed by atoms with Crippen molar-refractivity contribution >= 4 is 23.1 Å². The van der Waals surface area contributed by atoms with Crippen molar-refractivity contribution in [2.45, 2.75) is 39.2 Å². The second-order valence-electron chi connectivity index (χ2n) is 7.23. The van der Waals surface area contributed by atoms with E-state index in [9.17, 15) is 4.79 Å². The molecule has 2 aromatic carbocycles. The smallest absolute Gasteiger partial charge is 0.193 e. The molecule has 2 aromatic rings. The van der Waals surface area contributed by atoms with Gasteiger partial charge in [-0.15, -0.1) is 0 Å². The van der Waals surface area contributed by atoms with Gasteiger partial charge in [-0.05, 0) is 31.6 Å². The molecule has 1 aliphatic heterocycles. The minimum absolute atomic E-state index is 0.00395. The van der Waals surface area contributed by atoms with Crippen molar-refractivity contribution in [2.75, 3.05) is 13.7 Å². The van der Waals surface area contributed by atoms with Crippen molar-refractivity contribution < 1.29 is 9.53 Å². The van der Waals surface area contributed by atoms with Gasteiger partial charge >= 0.3 is 0 Å². The summed E-state index contributed by atoms with van der Waals surface area (Å²) in [6.07, 6.45) is 3.29. The Kier molecular flexibility index (Phi) is 7.04. The number of unbranched alkanes of at least 4 members (excludes halogenated alkanes) is 2. The average molecular weight is 409 g/mol. The van der Waals surface area contributed by atoms with Crippen LogP contribution in [-0.2, 0) is 0 Å². The van der Waals surface area contributed by atoms with Crippen molar-refractivity contribution in [1.82, 2.24) is 10.2 Å². The Hall–Kier alpha value is -2.66. The third kappa shape index (κ3) is 4.67. The Bertz CT molecular complexity index is 908.